The van der Waals surface area contributed by atoms with Crippen LogP contribution in [-0.2, 0) is 6.54 Å². The number of aromatic nitrogens is 2. The van der Waals surface area contributed by atoms with E-state index in [1.54, 1.807) is 10.6 Å². The van der Waals surface area contributed by atoms with E-state index in [2.05, 4.69) is 4.98 Å². The van der Waals surface area contributed by atoms with Crippen molar-refractivity contribution >= 4 is 0 Å². The van der Waals surface area contributed by atoms with E-state index >= 15 is 0 Å². The van der Waals surface area contributed by atoms with Crippen LogP contribution in [0.2, 0.25) is 0 Å². The molecular formula is C11H17N3O. The Morgan fingerprint density at radius 3 is 3.00 bits per heavy atom. The molecule has 1 aromatic heterocycles. The second kappa shape index (κ2) is 3.77. The summed E-state index contributed by atoms with van der Waals surface area (Å²) in [5, 5.41) is 0. The molecule has 1 aliphatic heterocycles. The summed E-state index contributed by atoms with van der Waals surface area (Å²) in [6.45, 7) is 4.83. The molecule has 0 spiro atoms. The first-order chi connectivity index (χ1) is 7.09. The van der Waals surface area contributed by atoms with Gasteiger partial charge in [0.05, 0.1) is 11.7 Å². The first-order valence-electron chi connectivity index (χ1n) is 5.47. The number of hydrogen-bond donors (Lipinski definition) is 1. The number of fused-ring (bicyclic) bond motifs is 1. The van der Waals surface area contributed by atoms with Crippen LogP contribution in [0.15, 0.2) is 10.9 Å². The summed E-state index contributed by atoms with van der Waals surface area (Å²) in [6.07, 6.45) is 1.89. The predicted octanol–water partition coefficient (Wildman–Crippen LogP) is 1.16. The zero-order valence-electron chi connectivity index (χ0n) is 9.23. The Balaban J connectivity index is 2.57. The fraction of sp³-hybridized carbons (Fsp3) is 0.636. The highest BCUT2D eigenvalue weighted by atomic mass is 16.1. The van der Waals surface area contributed by atoms with Crippen molar-refractivity contribution in [3.63, 3.8) is 0 Å². The molecule has 0 radical (unpaired) electrons. The van der Waals surface area contributed by atoms with Crippen LogP contribution < -0.4 is 11.3 Å². The van der Waals surface area contributed by atoms with Gasteiger partial charge in [-0.1, -0.05) is 13.8 Å². The minimum atomic E-state index is -0.0786. The molecule has 0 saturated carbocycles. The van der Waals surface area contributed by atoms with Crippen molar-refractivity contribution in [3.8, 4) is 0 Å². The molecule has 1 unspecified atom stereocenters. The molecular weight excluding hydrogens is 190 g/mol. The molecule has 0 aromatic carbocycles. The van der Waals surface area contributed by atoms with Crippen LogP contribution >= 0.6 is 0 Å². The van der Waals surface area contributed by atoms with Crippen molar-refractivity contribution in [2.45, 2.75) is 45.2 Å². The van der Waals surface area contributed by atoms with Crippen molar-refractivity contribution in [2.24, 2.45) is 5.73 Å². The third kappa shape index (κ3) is 1.81. The topological polar surface area (TPSA) is 60.9 Å². The Bertz CT molecular complexity index is 422. The third-order valence-electron chi connectivity index (χ3n) is 2.88. The summed E-state index contributed by atoms with van der Waals surface area (Å²) in [5.74, 6) is 1.04. The Kier molecular flexibility index (Phi) is 2.61. The van der Waals surface area contributed by atoms with Crippen LogP contribution in [0.4, 0.5) is 0 Å². The van der Waals surface area contributed by atoms with Gasteiger partial charge in [0.2, 0.25) is 0 Å². The van der Waals surface area contributed by atoms with E-state index < -0.39 is 0 Å². The zero-order valence-corrected chi connectivity index (χ0v) is 9.23. The number of rotatable bonds is 1. The van der Waals surface area contributed by atoms with E-state index in [4.69, 9.17) is 5.73 Å². The van der Waals surface area contributed by atoms with Crippen LogP contribution in [0.1, 0.15) is 50.2 Å². The van der Waals surface area contributed by atoms with Gasteiger partial charge in [-0.2, -0.15) is 0 Å². The smallest absolute Gasteiger partial charge is 0.253 e. The van der Waals surface area contributed by atoms with E-state index in [0.717, 1.165) is 30.9 Å². The molecule has 0 amide bonds. The summed E-state index contributed by atoms with van der Waals surface area (Å²) < 4.78 is 1.71. The Morgan fingerprint density at radius 1 is 1.60 bits per heavy atom. The molecule has 0 bridgehead atoms. The quantitative estimate of drug-likeness (QED) is 0.751. The number of nitrogens with two attached hydrogens (primary N) is 1. The van der Waals surface area contributed by atoms with Crippen molar-refractivity contribution in [1.82, 2.24) is 9.55 Å². The highest BCUT2D eigenvalue weighted by molar-refractivity contribution is 5.11. The van der Waals surface area contributed by atoms with E-state index in [-0.39, 0.29) is 17.5 Å². The molecule has 4 nitrogen and oxygen atoms in total. The van der Waals surface area contributed by atoms with E-state index in [0.29, 0.717) is 0 Å². The van der Waals surface area contributed by atoms with Crippen molar-refractivity contribution in [2.75, 3.05) is 0 Å². The second-order valence-corrected chi connectivity index (χ2v) is 4.43. The van der Waals surface area contributed by atoms with Gasteiger partial charge in [-0.15, -0.1) is 0 Å². The molecule has 0 aliphatic carbocycles. The monoisotopic (exact) mass is 207 g/mol. The standard InChI is InChI=1S/C11H17N3O/c1-7(2)9-6-10(15)14-5-3-4-8(12)11(14)13-9/h6-8H,3-5,12H2,1-2H3. The first-order valence-corrected chi connectivity index (χ1v) is 5.47. The molecule has 1 aliphatic rings. The lowest BCUT2D eigenvalue weighted by Crippen LogP contribution is -2.33. The van der Waals surface area contributed by atoms with Crippen LogP contribution in [0.3, 0.4) is 0 Å². The molecule has 0 fully saturated rings. The zero-order chi connectivity index (χ0) is 11.0. The minimum Gasteiger partial charge on any atom is -0.321 e. The van der Waals surface area contributed by atoms with Gasteiger partial charge in [-0.05, 0) is 18.8 Å². The van der Waals surface area contributed by atoms with Gasteiger partial charge in [0, 0.05) is 12.6 Å². The van der Waals surface area contributed by atoms with Gasteiger partial charge in [0.25, 0.3) is 5.56 Å². The largest absolute Gasteiger partial charge is 0.321 e. The molecule has 0 saturated heterocycles. The van der Waals surface area contributed by atoms with Crippen LogP contribution in [-0.4, -0.2) is 9.55 Å². The Morgan fingerprint density at radius 2 is 2.33 bits per heavy atom. The van der Waals surface area contributed by atoms with E-state index in [1.165, 1.54) is 0 Å². The average molecular weight is 207 g/mol. The molecule has 1 aromatic rings. The molecule has 15 heavy (non-hydrogen) atoms. The van der Waals surface area contributed by atoms with Gasteiger partial charge in [-0.25, -0.2) is 4.98 Å². The highest BCUT2D eigenvalue weighted by Crippen LogP contribution is 2.20. The van der Waals surface area contributed by atoms with Crippen molar-refractivity contribution < 1.29 is 0 Å². The van der Waals surface area contributed by atoms with Crippen LogP contribution in [0.25, 0.3) is 0 Å². The molecule has 2 rings (SSSR count). The third-order valence-corrected chi connectivity index (χ3v) is 2.88. The minimum absolute atomic E-state index is 0.0406. The average Bonchev–Trinajstić information content (AvgIpc) is 2.19. The molecule has 82 valence electrons. The van der Waals surface area contributed by atoms with E-state index in [9.17, 15) is 4.79 Å². The number of hydrogen-bond acceptors (Lipinski definition) is 3. The highest BCUT2D eigenvalue weighted by Gasteiger charge is 2.20. The summed E-state index contributed by atoms with van der Waals surface area (Å²) >= 11 is 0. The second-order valence-electron chi connectivity index (χ2n) is 4.43. The van der Waals surface area contributed by atoms with E-state index in [1.807, 2.05) is 13.8 Å². The van der Waals surface area contributed by atoms with Crippen molar-refractivity contribution in [3.05, 3.63) is 27.9 Å². The summed E-state index contributed by atoms with van der Waals surface area (Å²) in [7, 11) is 0. The maximum absolute atomic E-state index is 11.8. The maximum atomic E-state index is 11.8. The van der Waals surface area contributed by atoms with Crippen LogP contribution in [0, 0.1) is 0 Å². The molecule has 1 atom stereocenters. The summed E-state index contributed by atoms with van der Waals surface area (Å²) in [5.41, 5.74) is 6.85. The number of nitrogens with zero attached hydrogens (tertiary/aromatic N) is 2. The normalized spacial score (nSPS) is 20.4. The predicted molar refractivity (Wildman–Crippen MR) is 58.7 cm³/mol. The lowest BCUT2D eigenvalue weighted by molar-refractivity contribution is 0.427. The maximum Gasteiger partial charge on any atom is 0.253 e. The van der Waals surface area contributed by atoms with Gasteiger partial charge >= 0.3 is 0 Å². The van der Waals surface area contributed by atoms with Gasteiger partial charge in [-0.3, -0.25) is 9.36 Å². The fourth-order valence-electron chi connectivity index (χ4n) is 1.94. The van der Waals surface area contributed by atoms with Gasteiger partial charge in [0.15, 0.2) is 0 Å². The van der Waals surface area contributed by atoms with Crippen LogP contribution in [0.5, 0.6) is 0 Å². The Labute approximate surface area is 89.1 Å². The first kappa shape index (κ1) is 10.4. The molecule has 4 heteroatoms. The molecule has 2 N–H and O–H groups in total. The van der Waals surface area contributed by atoms with Gasteiger partial charge < -0.3 is 5.73 Å². The SMILES string of the molecule is CC(C)c1cc(=O)n2c(n1)C(N)CCC2. The fourth-order valence-corrected chi connectivity index (χ4v) is 1.94. The van der Waals surface area contributed by atoms with Crippen molar-refractivity contribution in [1.29, 1.82) is 0 Å². The Hall–Kier alpha value is -1.16. The molecule has 2 heterocycles. The van der Waals surface area contributed by atoms with Gasteiger partial charge in [0.1, 0.15) is 5.82 Å². The lowest BCUT2D eigenvalue weighted by atomic mass is 10.1. The summed E-state index contributed by atoms with van der Waals surface area (Å²) in [4.78, 5) is 16.3. The lowest BCUT2D eigenvalue weighted by Gasteiger charge is -2.23. The summed E-state index contributed by atoms with van der Waals surface area (Å²) in [6, 6.07) is 1.55.